The molecule has 60 valence electrons. The average molecular weight is 198 g/mol. The Kier molecular flexibility index (Phi) is 1.91. The largest absolute Gasteiger partial charge is 0.264 e. The van der Waals surface area contributed by atoms with E-state index >= 15 is 0 Å². The molecule has 0 radical (unpaired) electrons. The number of pyridine rings is 1. The van der Waals surface area contributed by atoms with Crippen LogP contribution in [0.15, 0.2) is 30.6 Å². The molecule has 0 unspecified atom stereocenters. The molecular weight excluding hydrogens is 193 g/mol. The number of hydrogen-bond donors (Lipinski definition) is 0. The molecule has 0 amide bonds. The molecule has 0 aliphatic heterocycles. The second kappa shape index (κ2) is 2.92. The number of fused-ring (bicyclic) bond motifs is 1. The van der Waals surface area contributed by atoms with Gasteiger partial charge in [-0.15, -0.1) is 0 Å². The van der Waals surface area contributed by atoms with E-state index in [1.165, 1.54) is 0 Å². The van der Waals surface area contributed by atoms with Crippen LogP contribution in [-0.2, 0) is 0 Å². The molecule has 0 bridgehead atoms. The summed E-state index contributed by atoms with van der Waals surface area (Å²) in [7, 11) is 0. The van der Waals surface area contributed by atoms with Crippen LogP contribution in [-0.4, -0.2) is 4.98 Å². The van der Waals surface area contributed by atoms with Crippen molar-refractivity contribution >= 4 is 34.0 Å². The maximum absolute atomic E-state index is 5.94. The fraction of sp³-hybridized carbons (Fsp3) is 0. The third-order valence-electron chi connectivity index (χ3n) is 1.67. The number of rotatable bonds is 0. The molecule has 0 spiro atoms. The first-order chi connectivity index (χ1) is 5.77. The molecular formula is C9H5Cl2N. The average Bonchev–Trinajstić information content (AvgIpc) is 2.04. The lowest BCUT2D eigenvalue weighted by Gasteiger charge is -1.99. The van der Waals surface area contributed by atoms with Gasteiger partial charge in [-0.05, 0) is 23.6 Å². The van der Waals surface area contributed by atoms with Gasteiger partial charge < -0.3 is 0 Å². The van der Waals surface area contributed by atoms with Gasteiger partial charge in [0.2, 0.25) is 0 Å². The third-order valence-corrected chi connectivity index (χ3v) is 2.20. The van der Waals surface area contributed by atoms with E-state index in [2.05, 4.69) is 4.98 Å². The van der Waals surface area contributed by atoms with Gasteiger partial charge in [-0.3, -0.25) is 4.98 Å². The van der Waals surface area contributed by atoms with Gasteiger partial charge in [0.05, 0.1) is 5.02 Å². The predicted octanol–water partition coefficient (Wildman–Crippen LogP) is 3.54. The summed E-state index contributed by atoms with van der Waals surface area (Å²) < 4.78 is 0. The van der Waals surface area contributed by atoms with Crippen molar-refractivity contribution in [3.63, 3.8) is 0 Å². The Labute approximate surface area is 79.9 Å². The second-order valence-electron chi connectivity index (χ2n) is 2.48. The van der Waals surface area contributed by atoms with Crippen LogP contribution in [0, 0.1) is 0 Å². The molecule has 3 heteroatoms. The van der Waals surface area contributed by atoms with Crippen LogP contribution in [0.4, 0.5) is 0 Å². The molecule has 0 fully saturated rings. The topological polar surface area (TPSA) is 12.9 Å². The molecule has 1 aromatic heterocycles. The van der Waals surface area contributed by atoms with Crippen LogP contribution in [0.5, 0.6) is 0 Å². The van der Waals surface area contributed by atoms with E-state index in [9.17, 15) is 0 Å². The van der Waals surface area contributed by atoms with Gasteiger partial charge in [-0.1, -0.05) is 23.2 Å². The normalized spacial score (nSPS) is 10.5. The molecule has 2 rings (SSSR count). The fourth-order valence-electron chi connectivity index (χ4n) is 1.12. The summed E-state index contributed by atoms with van der Waals surface area (Å²) in [6, 6.07) is 5.46. The van der Waals surface area contributed by atoms with Crippen molar-refractivity contribution in [2.45, 2.75) is 0 Å². The summed E-state index contributed by atoms with van der Waals surface area (Å²) in [5.74, 6) is 0. The zero-order valence-corrected chi connectivity index (χ0v) is 7.60. The number of benzene rings is 1. The molecule has 0 N–H and O–H groups in total. The maximum atomic E-state index is 5.94. The minimum absolute atomic E-state index is 0.644. The zero-order chi connectivity index (χ0) is 8.55. The SMILES string of the molecule is Clc1cc(Cl)c2cnccc2c1. The number of aromatic nitrogens is 1. The Morgan fingerprint density at radius 1 is 1.17 bits per heavy atom. The van der Waals surface area contributed by atoms with Crippen molar-refractivity contribution in [2.24, 2.45) is 0 Å². The highest BCUT2D eigenvalue weighted by Crippen LogP contribution is 2.26. The Bertz CT molecular complexity index is 426. The highest BCUT2D eigenvalue weighted by molar-refractivity contribution is 6.38. The summed E-state index contributed by atoms with van der Waals surface area (Å²) in [6.07, 6.45) is 3.45. The van der Waals surface area contributed by atoms with Crippen LogP contribution >= 0.6 is 23.2 Å². The summed E-state index contributed by atoms with van der Waals surface area (Å²) in [5.41, 5.74) is 0. The van der Waals surface area contributed by atoms with Crippen molar-refractivity contribution in [1.29, 1.82) is 0 Å². The van der Waals surface area contributed by atoms with Crippen LogP contribution in [0.1, 0.15) is 0 Å². The van der Waals surface area contributed by atoms with E-state index in [1.54, 1.807) is 18.5 Å². The van der Waals surface area contributed by atoms with Gasteiger partial charge in [0.1, 0.15) is 0 Å². The quantitative estimate of drug-likeness (QED) is 0.630. The van der Waals surface area contributed by atoms with Crippen LogP contribution in [0.3, 0.4) is 0 Å². The van der Waals surface area contributed by atoms with E-state index in [1.807, 2.05) is 12.1 Å². The first-order valence-electron chi connectivity index (χ1n) is 3.46. The monoisotopic (exact) mass is 197 g/mol. The maximum Gasteiger partial charge on any atom is 0.0514 e. The molecule has 0 atom stereocenters. The predicted molar refractivity (Wildman–Crippen MR) is 51.8 cm³/mol. The number of nitrogens with zero attached hydrogens (tertiary/aromatic N) is 1. The van der Waals surface area contributed by atoms with E-state index in [4.69, 9.17) is 23.2 Å². The first kappa shape index (κ1) is 7.84. The minimum atomic E-state index is 0.644. The molecule has 0 aliphatic carbocycles. The highest BCUT2D eigenvalue weighted by Gasteiger charge is 1.99. The molecule has 0 aliphatic rings. The van der Waals surface area contributed by atoms with E-state index in [-0.39, 0.29) is 0 Å². The highest BCUT2D eigenvalue weighted by atomic mass is 35.5. The van der Waals surface area contributed by atoms with Crippen molar-refractivity contribution in [1.82, 2.24) is 4.98 Å². The molecule has 1 aromatic carbocycles. The molecule has 1 nitrogen and oxygen atoms in total. The number of halogens is 2. The zero-order valence-electron chi connectivity index (χ0n) is 6.09. The summed E-state index contributed by atoms with van der Waals surface area (Å²) in [5, 5.41) is 3.25. The second-order valence-corrected chi connectivity index (χ2v) is 3.33. The van der Waals surface area contributed by atoms with Crippen molar-refractivity contribution in [2.75, 3.05) is 0 Å². The molecule has 0 saturated carbocycles. The molecule has 1 heterocycles. The van der Waals surface area contributed by atoms with Gasteiger partial charge in [-0.25, -0.2) is 0 Å². The van der Waals surface area contributed by atoms with E-state index in [0.717, 1.165) is 10.8 Å². The Hall–Kier alpha value is -0.790. The van der Waals surface area contributed by atoms with Crippen molar-refractivity contribution in [3.8, 4) is 0 Å². The van der Waals surface area contributed by atoms with Crippen molar-refractivity contribution in [3.05, 3.63) is 40.6 Å². The van der Waals surface area contributed by atoms with Gasteiger partial charge in [0.25, 0.3) is 0 Å². The lowest BCUT2D eigenvalue weighted by molar-refractivity contribution is 1.36. The van der Waals surface area contributed by atoms with Gasteiger partial charge in [-0.2, -0.15) is 0 Å². The first-order valence-corrected chi connectivity index (χ1v) is 4.22. The standard InChI is InChI=1S/C9H5Cl2N/c10-7-3-6-1-2-12-5-8(6)9(11)4-7/h1-5H. The lowest BCUT2D eigenvalue weighted by Crippen LogP contribution is -1.76. The van der Waals surface area contributed by atoms with Crippen LogP contribution in [0.25, 0.3) is 10.8 Å². The van der Waals surface area contributed by atoms with E-state index in [0.29, 0.717) is 10.0 Å². The van der Waals surface area contributed by atoms with Crippen LogP contribution in [0.2, 0.25) is 10.0 Å². The summed E-state index contributed by atoms with van der Waals surface area (Å²) in [6.45, 7) is 0. The van der Waals surface area contributed by atoms with Gasteiger partial charge in [0.15, 0.2) is 0 Å². The lowest BCUT2D eigenvalue weighted by atomic mass is 10.2. The third kappa shape index (κ3) is 1.26. The Morgan fingerprint density at radius 3 is 2.83 bits per heavy atom. The van der Waals surface area contributed by atoms with Crippen molar-refractivity contribution < 1.29 is 0 Å². The molecule has 2 aromatic rings. The fourth-order valence-corrected chi connectivity index (χ4v) is 1.68. The Balaban J connectivity index is 2.89. The Morgan fingerprint density at radius 2 is 2.00 bits per heavy atom. The molecule has 12 heavy (non-hydrogen) atoms. The number of hydrogen-bond acceptors (Lipinski definition) is 1. The van der Waals surface area contributed by atoms with Crippen LogP contribution < -0.4 is 0 Å². The summed E-state index contributed by atoms with van der Waals surface area (Å²) >= 11 is 11.8. The smallest absolute Gasteiger partial charge is 0.0514 e. The van der Waals surface area contributed by atoms with Gasteiger partial charge in [0, 0.05) is 22.8 Å². The van der Waals surface area contributed by atoms with Gasteiger partial charge >= 0.3 is 0 Å². The molecule has 0 saturated heterocycles. The minimum Gasteiger partial charge on any atom is -0.264 e. The van der Waals surface area contributed by atoms with E-state index < -0.39 is 0 Å². The summed E-state index contributed by atoms with van der Waals surface area (Å²) in [4.78, 5) is 3.98.